The third kappa shape index (κ3) is 6.24. The van der Waals surface area contributed by atoms with E-state index in [0.29, 0.717) is 6.04 Å². The molecule has 0 fully saturated rings. The third-order valence-corrected chi connectivity index (χ3v) is 4.24. The SMILES string of the molecule is C#CCNC(=O)C(C)Sc1ccc(C(C)NCCC)cc1. The summed E-state index contributed by atoms with van der Waals surface area (Å²) in [6, 6.07) is 8.70. The molecule has 1 rings (SSSR count). The van der Waals surface area contributed by atoms with E-state index in [2.05, 4.69) is 54.7 Å². The van der Waals surface area contributed by atoms with Crippen molar-refractivity contribution in [1.29, 1.82) is 0 Å². The molecule has 0 aromatic heterocycles. The predicted octanol–water partition coefficient (Wildman–Crippen LogP) is 2.98. The summed E-state index contributed by atoms with van der Waals surface area (Å²) in [4.78, 5) is 12.8. The van der Waals surface area contributed by atoms with Crippen molar-refractivity contribution in [3.8, 4) is 12.3 Å². The van der Waals surface area contributed by atoms with Gasteiger partial charge in [-0.1, -0.05) is 25.0 Å². The number of rotatable bonds is 8. The van der Waals surface area contributed by atoms with Crippen LogP contribution in [-0.2, 0) is 4.79 Å². The number of amides is 1. The van der Waals surface area contributed by atoms with Gasteiger partial charge in [-0.15, -0.1) is 18.2 Å². The largest absolute Gasteiger partial charge is 0.344 e. The fourth-order valence-corrected chi connectivity index (χ4v) is 2.75. The highest BCUT2D eigenvalue weighted by atomic mass is 32.2. The Balaban J connectivity index is 2.54. The summed E-state index contributed by atoms with van der Waals surface area (Å²) < 4.78 is 0. The molecule has 0 aliphatic carbocycles. The molecule has 0 saturated carbocycles. The van der Waals surface area contributed by atoms with Gasteiger partial charge >= 0.3 is 0 Å². The smallest absolute Gasteiger partial charge is 0.233 e. The van der Waals surface area contributed by atoms with Crippen LogP contribution in [0.4, 0.5) is 0 Å². The zero-order valence-corrected chi connectivity index (χ0v) is 13.8. The van der Waals surface area contributed by atoms with Crippen LogP contribution in [0, 0.1) is 12.3 Å². The molecule has 3 nitrogen and oxygen atoms in total. The highest BCUT2D eigenvalue weighted by molar-refractivity contribution is 8.00. The highest BCUT2D eigenvalue weighted by Gasteiger charge is 2.13. The molecule has 21 heavy (non-hydrogen) atoms. The fourth-order valence-electron chi connectivity index (χ4n) is 1.85. The molecule has 0 heterocycles. The minimum Gasteiger partial charge on any atom is -0.344 e. The molecule has 1 aromatic rings. The van der Waals surface area contributed by atoms with Crippen molar-refractivity contribution in [2.75, 3.05) is 13.1 Å². The van der Waals surface area contributed by atoms with Gasteiger partial charge in [-0.3, -0.25) is 4.79 Å². The second-order valence-corrected chi connectivity index (χ2v) is 6.34. The van der Waals surface area contributed by atoms with Crippen molar-refractivity contribution in [3.05, 3.63) is 29.8 Å². The van der Waals surface area contributed by atoms with Crippen LogP contribution in [0.5, 0.6) is 0 Å². The van der Waals surface area contributed by atoms with Gasteiger partial charge in [0.15, 0.2) is 0 Å². The number of carbonyl (C=O) groups excluding carboxylic acids is 1. The molecule has 114 valence electrons. The van der Waals surface area contributed by atoms with E-state index >= 15 is 0 Å². The van der Waals surface area contributed by atoms with Gasteiger partial charge in [-0.2, -0.15) is 0 Å². The Morgan fingerprint density at radius 1 is 1.33 bits per heavy atom. The lowest BCUT2D eigenvalue weighted by molar-refractivity contribution is -0.120. The van der Waals surface area contributed by atoms with E-state index in [9.17, 15) is 4.79 Å². The van der Waals surface area contributed by atoms with Crippen LogP contribution in [-0.4, -0.2) is 24.2 Å². The Hall–Kier alpha value is -1.44. The molecule has 2 N–H and O–H groups in total. The van der Waals surface area contributed by atoms with Gasteiger partial charge in [0.2, 0.25) is 5.91 Å². The van der Waals surface area contributed by atoms with Crippen LogP contribution in [0.3, 0.4) is 0 Å². The first-order valence-corrected chi connectivity index (χ1v) is 8.17. The molecule has 2 unspecified atom stereocenters. The maximum absolute atomic E-state index is 11.8. The zero-order valence-electron chi connectivity index (χ0n) is 13.0. The number of carbonyl (C=O) groups is 1. The molecular weight excluding hydrogens is 280 g/mol. The van der Waals surface area contributed by atoms with Gasteiger partial charge in [-0.25, -0.2) is 0 Å². The number of terminal acetylenes is 1. The van der Waals surface area contributed by atoms with Crippen LogP contribution >= 0.6 is 11.8 Å². The van der Waals surface area contributed by atoms with Crippen molar-refractivity contribution in [2.45, 2.75) is 43.4 Å². The number of hydrogen-bond donors (Lipinski definition) is 2. The molecule has 2 atom stereocenters. The monoisotopic (exact) mass is 304 g/mol. The van der Waals surface area contributed by atoms with E-state index in [1.807, 2.05) is 6.92 Å². The van der Waals surface area contributed by atoms with E-state index in [1.165, 1.54) is 17.3 Å². The van der Waals surface area contributed by atoms with Crippen molar-refractivity contribution in [2.24, 2.45) is 0 Å². The van der Waals surface area contributed by atoms with E-state index in [-0.39, 0.29) is 17.7 Å². The van der Waals surface area contributed by atoms with E-state index in [1.54, 1.807) is 0 Å². The van der Waals surface area contributed by atoms with Crippen molar-refractivity contribution in [1.82, 2.24) is 10.6 Å². The summed E-state index contributed by atoms with van der Waals surface area (Å²) in [6.07, 6.45) is 6.26. The van der Waals surface area contributed by atoms with Crippen molar-refractivity contribution >= 4 is 17.7 Å². The summed E-state index contributed by atoms with van der Waals surface area (Å²) in [6.45, 7) is 7.50. The lowest BCUT2D eigenvalue weighted by atomic mass is 10.1. The average molecular weight is 304 g/mol. The van der Waals surface area contributed by atoms with Gasteiger partial charge < -0.3 is 10.6 Å². The highest BCUT2D eigenvalue weighted by Crippen LogP contribution is 2.25. The standard InChI is InChI=1S/C17H24N2OS/c1-5-11-18-13(3)15-7-9-16(10-8-15)21-14(4)17(20)19-12-6-2/h2,7-10,13-14,18H,5,11-12H2,1,3-4H3,(H,19,20). The van der Waals surface area contributed by atoms with Crippen LogP contribution < -0.4 is 10.6 Å². The molecule has 0 aliphatic heterocycles. The minimum atomic E-state index is -0.153. The van der Waals surface area contributed by atoms with Gasteiger partial charge in [0.05, 0.1) is 11.8 Å². The van der Waals surface area contributed by atoms with Crippen molar-refractivity contribution in [3.63, 3.8) is 0 Å². The number of nitrogens with one attached hydrogen (secondary N) is 2. The topological polar surface area (TPSA) is 41.1 Å². The first-order chi connectivity index (χ1) is 10.1. The van der Waals surface area contributed by atoms with E-state index in [0.717, 1.165) is 17.9 Å². The molecule has 0 bridgehead atoms. The van der Waals surface area contributed by atoms with Gasteiger partial charge in [0.1, 0.15) is 0 Å². The Morgan fingerprint density at radius 3 is 2.57 bits per heavy atom. The van der Waals surface area contributed by atoms with Crippen LogP contribution in [0.15, 0.2) is 29.2 Å². The Morgan fingerprint density at radius 2 is 2.00 bits per heavy atom. The van der Waals surface area contributed by atoms with E-state index < -0.39 is 0 Å². The average Bonchev–Trinajstić information content (AvgIpc) is 2.50. The van der Waals surface area contributed by atoms with Gasteiger partial charge in [0.25, 0.3) is 0 Å². The summed E-state index contributed by atoms with van der Waals surface area (Å²) in [7, 11) is 0. The number of thioether (sulfide) groups is 1. The lowest BCUT2D eigenvalue weighted by Crippen LogP contribution is -2.31. The summed E-state index contributed by atoms with van der Waals surface area (Å²) in [5, 5.41) is 6.01. The fraction of sp³-hybridized carbons (Fsp3) is 0.471. The second kappa shape index (κ2) is 9.49. The molecule has 1 amide bonds. The molecule has 0 saturated heterocycles. The Bertz CT molecular complexity index is 479. The maximum Gasteiger partial charge on any atom is 0.233 e. The van der Waals surface area contributed by atoms with Crippen molar-refractivity contribution < 1.29 is 4.79 Å². The number of benzene rings is 1. The molecule has 1 aromatic carbocycles. The second-order valence-electron chi connectivity index (χ2n) is 4.93. The zero-order chi connectivity index (χ0) is 15.7. The Labute approximate surface area is 132 Å². The van der Waals surface area contributed by atoms with Crippen LogP contribution in [0.1, 0.15) is 38.8 Å². The third-order valence-electron chi connectivity index (χ3n) is 3.13. The minimum absolute atomic E-state index is 0.0278. The maximum atomic E-state index is 11.8. The summed E-state index contributed by atoms with van der Waals surface area (Å²) in [5.41, 5.74) is 1.26. The quantitative estimate of drug-likeness (QED) is 0.573. The molecule has 4 heteroatoms. The van der Waals surface area contributed by atoms with Crippen LogP contribution in [0.2, 0.25) is 0 Å². The number of hydrogen-bond acceptors (Lipinski definition) is 3. The normalized spacial score (nSPS) is 13.2. The lowest BCUT2D eigenvalue weighted by Gasteiger charge is -2.15. The first-order valence-electron chi connectivity index (χ1n) is 7.29. The molecule has 0 radical (unpaired) electrons. The molecule has 0 aliphatic rings. The predicted molar refractivity (Wildman–Crippen MR) is 90.3 cm³/mol. The molecular formula is C17H24N2OS. The van der Waals surface area contributed by atoms with Gasteiger partial charge in [0, 0.05) is 10.9 Å². The van der Waals surface area contributed by atoms with E-state index in [4.69, 9.17) is 6.42 Å². The summed E-state index contributed by atoms with van der Waals surface area (Å²) in [5.74, 6) is 2.38. The Kier molecular flexibility index (Phi) is 7.96. The van der Waals surface area contributed by atoms with Crippen LogP contribution in [0.25, 0.3) is 0 Å². The summed E-state index contributed by atoms with van der Waals surface area (Å²) >= 11 is 1.54. The molecule has 0 spiro atoms. The first kappa shape index (κ1) is 17.6. The van der Waals surface area contributed by atoms with Gasteiger partial charge in [-0.05, 0) is 44.5 Å².